The first-order chi connectivity index (χ1) is 22.9. The summed E-state index contributed by atoms with van der Waals surface area (Å²) in [7, 11) is 2.16. The number of pyridine rings is 2. The number of benzene rings is 2. The standard InChI is InChI=1S/C37H34N8OS/c1-25-7-4-5-8-27(25)10-11-28-22-29-23-40-37(41-30-12-13-33(26(2)21-30)44-18-16-43(3)17-19-44)42-34(29)45(36(28)46)24-32-31(9-6-14-38-32)35-39-15-20-47-35/h4-9,12-15,20-23H,16-19,24H2,1-3H3,(H,40,41,42). The van der Waals surface area contributed by atoms with Gasteiger partial charge in [-0.2, -0.15) is 4.98 Å². The molecular formula is C37H34N8OS. The van der Waals surface area contributed by atoms with E-state index >= 15 is 0 Å². The summed E-state index contributed by atoms with van der Waals surface area (Å²) in [5.74, 6) is 6.73. The first-order valence-corrected chi connectivity index (χ1v) is 16.4. The van der Waals surface area contributed by atoms with Crippen LogP contribution in [0.2, 0.25) is 0 Å². The number of piperazine rings is 1. The van der Waals surface area contributed by atoms with Crippen molar-refractivity contribution in [2.24, 2.45) is 0 Å². The minimum absolute atomic E-state index is 0.195. The van der Waals surface area contributed by atoms with Gasteiger partial charge in [-0.25, -0.2) is 9.97 Å². The molecule has 7 rings (SSSR count). The van der Waals surface area contributed by atoms with E-state index in [0.29, 0.717) is 22.5 Å². The topological polar surface area (TPSA) is 92.1 Å². The average Bonchev–Trinajstić information content (AvgIpc) is 3.62. The second kappa shape index (κ2) is 13.2. The predicted octanol–water partition coefficient (Wildman–Crippen LogP) is 5.87. The number of thiazole rings is 1. The number of nitrogens with one attached hydrogen (secondary N) is 1. The van der Waals surface area contributed by atoms with Gasteiger partial charge in [0.15, 0.2) is 0 Å². The van der Waals surface area contributed by atoms with E-state index in [1.165, 1.54) is 22.6 Å². The summed E-state index contributed by atoms with van der Waals surface area (Å²) < 4.78 is 1.64. The van der Waals surface area contributed by atoms with E-state index in [1.54, 1.807) is 29.2 Å². The lowest BCUT2D eigenvalue weighted by Gasteiger charge is -2.35. The molecule has 6 aromatic rings. The fourth-order valence-electron chi connectivity index (χ4n) is 5.83. The van der Waals surface area contributed by atoms with Gasteiger partial charge in [0, 0.05) is 78.0 Å². The Hall–Kier alpha value is -5.37. The number of nitrogens with zero attached hydrogens (tertiary/aromatic N) is 7. The molecule has 1 fully saturated rings. The first-order valence-electron chi connectivity index (χ1n) is 15.6. The summed E-state index contributed by atoms with van der Waals surface area (Å²) in [6, 6.07) is 19.8. The number of likely N-dealkylation sites (N-methyl/N-ethyl adjacent to an activating group) is 1. The minimum Gasteiger partial charge on any atom is -0.369 e. The van der Waals surface area contributed by atoms with Crippen LogP contribution in [0.25, 0.3) is 21.6 Å². The van der Waals surface area contributed by atoms with Gasteiger partial charge in [-0.1, -0.05) is 30.0 Å². The van der Waals surface area contributed by atoms with E-state index in [9.17, 15) is 4.79 Å². The van der Waals surface area contributed by atoms with E-state index < -0.39 is 0 Å². The molecule has 1 aliphatic heterocycles. The Labute approximate surface area is 277 Å². The fourth-order valence-corrected chi connectivity index (χ4v) is 6.52. The van der Waals surface area contributed by atoms with E-state index in [4.69, 9.17) is 4.98 Å². The van der Waals surface area contributed by atoms with Crippen LogP contribution >= 0.6 is 11.3 Å². The molecule has 1 aliphatic rings. The van der Waals surface area contributed by atoms with Crippen LogP contribution < -0.4 is 15.8 Å². The Bertz CT molecular complexity index is 2190. The fraction of sp³-hybridized carbons (Fsp3) is 0.216. The van der Waals surface area contributed by atoms with Crippen molar-refractivity contribution in [3.8, 4) is 22.4 Å². The van der Waals surface area contributed by atoms with Crippen molar-refractivity contribution in [2.45, 2.75) is 20.4 Å². The van der Waals surface area contributed by atoms with E-state index in [2.05, 4.69) is 74.1 Å². The first kappa shape index (κ1) is 30.3. The van der Waals surface area contributed by atoms with Gasteiger partial charge < -0.3 is 15.1 Å². The third-order valence-electron chi connectivity index (χ3n) is 8.46. The summed E-state index contributed by atoms with van der Waals surface area (Å²) in [4.78, 5) is 37.6. The van der Waals surface area contributed by atoms with Crippen molar-refractivity contribution in [2.75, 3.05) is 43.4 Å². The van der Waals surface area contributed by atoms with Crippen molar-refractivity contribution in [1.29, 1.82) is 0 Å². The SMILES string of the molecule is Cc1ccccc1C#Cc1cc2cnc(Nc3ccc(N4CCN(C)CC4)c(C)c3)nc2n(Cc2ncccc2-c2nccs2)c1=O. The summed E-state index contributed by atoms with van der Waals surface area (Å²) in [5.41, 5.74) is 7.44. The highest BCUT2D eigenvalue weighted by atomic mass is 32.1. The maximum atomic E-state index is 14.1. The van der Waals surface area contributed by atoms with Crippen molar-refractivity contribution < 1.29 is 0 Å². The monoisotopic (exact) mass is 638 g/mol. The lowest BCUT2D eigenvalue weighted by Crippen LogP contribution is -2.44. The van der Waals surface area contributed by atoms with Crippen LogP contribution in [0.3, 0.4) is 0 Å². The highest BCUT2D eigenvalue weighted by molar-refractivity contribution is 7.13. The van der Waals surface area contributed by atoms with Gasteiger partial charge in [-0.15, -0.1) is 11.3 Å². The average molecular weight is 639 g/mol. The zero-order valence-electron chi connectivity index (χ0n) is 26.6. The smallest absolute Gasteiger partial charge is 0.268 e. The predicted molar refractivity (Wildman–Crippen MR) is 190 cm³/mol. The molecule has 2 aromatic carbocycles. The Morgan fingerprint density at radius 3 is 2.49 bits per heavy atom. The molecule has 1 saturated heterocycles. The summed E-state index contributed by atoms with van der Waals surface area (Å²) >= 11 is 1.53. The van der Waals surface area contributed by atoms with E-state index in [1.807, 2.05) is 48.7 Å². The minimum atomic E-state index is -0.244. The molecule has 0 radical (unpaired) electrons. The third kappa shape index (κ3) is 6.49. The van der Waals surface area contributed by atoms with Gasteiger partial charge in [0.2, 0.25) is 5.95 Å². The third-order valence-corrected chi connectivity index (χ3v) is 9.27. The summed E-state index contributed by atoms with van der Waals surface area (Å²) in [6.07, 6.45) is 5.24. The molecule has 47 heavy (non-hydrogen) atoms. The summed E-state index contributed by atoms with van der Waals surface area (Å²) in [6.45, 7) is 8.45. The van der Waals surface area contributed by atoms with Crippen molar-refractivity contribution >= 4 is 39.7 Å². The number of hydrogen-bond donors (Lipinski definition) is 1. The number of aromatic nitrogens is 5. The molecule has 0 atom stereocenters. The molecule has 10 heteroatoms. The van der Waals surface area contributed by atoms with Crippen LogP contribution in [0.15, 0.2) is 89.4 Å². The van der Waals surface area contributed by atoms with Crippen molar-refractivity contribution in [3.63, 3.8) is 0 Å². The molecular weight excluding hydrogens is 605 g/mol. The number of fused-ring (bicyclic) bond motifs is 1. The Morgan fingerprint density at radius 2 is 1.70 bits per heavy atom. The van der Waals surface area contributed by atoms with Crippen LogP contribution in [0, 0.1) is 25.7 Å². The van der Waals surface area contributed by atoms with Crippen LogP contribution in [-0.2, 0) is 6.54 Å². The molecule has 0 aliphatic carbocycles. The lowest BCUT2D eigenvalue weighted by molar-refractivity contribution is 0.312. The zero-order valence-corrected chi connectivity index (χ0v) is 27.4. The van der Waals surface area contributed by atoms with Gasteiger partial charge in [0.1, 0.15) is 10.7 Å². The molecule has 0 unspecified atom stereocenters. The van der Waals surface area contributed by atoms with Gasteiger partial charge in [-0.3, -0.25) is 14.3 Å². The quantitative estimate of drug-likeness (QED) is 0.227. The van der Waals surface area contributed by atoms with Crippen LogP contribution in [-0.4, -0.2) is 62.6 Å². The number of rotatable bonds is 6. The van der Waals surface area contributed by atoms with E-state index in [0.717, 1.165) is 59.3 Å². The van der Waals surface area contributed by atoms with Crippen molar-refractivity contribution in [3.05, 3.63) is 123 Å². The highest BCUT2D eigenvalue weighted by Gasteiger charge is 2.18. The highest BCUT2D eigenvalue weighted by Crippen LogP contribution is 2.28. The van der Waals surface area contributed by atoms with Crippen LogP contribution in [0.4, 0.5) is 17.3 Å². The van der Waals surface area contributed by atoms with Gasteiger partial charge in [0.05, 0.1) is 17.8 Å². The molecule has 4 aromatic heterocycles. The Balaban J connectivity index is 1.28. The summed E-state index contributed by atoms with van der Waals surface area (Å²) in [5, 5.41) is 6.85. The van der Waals surface area contributed by atoms with Gasteiger partial charge in [0.25, 0.3) is 5.56 Å². The molecule has 0 bridgehead atoms. The molecule has 234 valence electrons. The largest absolute Gasteiger partial charge is 0.369 e. The maximum absolute atomic E-state index is 14.1. The van der Waals surface area contributed by atoms with E-state index in [-0.39, 0.29) is 12.1 Å². The van der Waals surface area contributed by atoms with Crippen LogP contribution in [0.5, 0.6) is 0 Å². The Kier molecular flexibility index (Phi) is 8.48. The van der Waals surface area contributed by atoms with Crippen LogP contribution in [0.1, 0.15) is 27.9 Å². The lowest BCUT2D eigenvalue weighted by atomic mass is 10.1. The normalized spacial score (nSPS) is 13.4. The second-order valence-corrected chi connectivity index (χ2v) is 12.6. The van der Waals surface area contributed by atoms with Crippen molar-refractivity contribution in [1.82, 2.24) is 29.4 Å². The second-order valence-electron chi connectivity index (χ2n) is 11.7. The molecule has 0 saturated carbocycles. The number of hydrogen-bond acceptors (Lipinski definition) is 9. The zero-order chi connectivity index (χ0) is 32.3. The van der Waals surface area contributed by atoms with Gasteiger partial charge in [-0.05, 0) is 74.5 Å². The number of anilines is 3. The maximum Gasteiger partial charge on any atom is 0.268 e. The number of aryl methyl sites for hydroxylation is 2. The molecule has 9 nitrogen and oxygen atoms in total. The molecule has 0 amide bonds. The van der Waals surface area contributed by atoms with Gasteiger partial charge >= 0.3 is 0 Å². The molecule has 0 spiro atoms. The molecule has 1 N–H and O–H groups in total. The molecule has 5 heterocycles. The Morgan fingerprint density at radius 1 is 0.872 bits per heavy atom.